The standard InChI is InChI=1S/C12H15FN4O/c1-17-11(15-7-16-17)6-9(14)12-8(13)4-3-5-10(12)18-2/h3-5,7,9H,6,14H2,1-2H3. The van der Waals surface area contributed by atoms with Crippen molar-refractivity contribution >= 4 is 0 Å². The van der Waals surface area contributed by atoms with Gasteiger partial charge >= 0.3 is 0 Å². The number of hydrogen-bond acceptors (Lipinski definition) is 4. The van der Waals surface area contributed by atoms with E-state index in [4.69, 9.17) is 10.5 Å². The van der Waals surface area contributed by atoms with E-state index in [-0.39, 0.29) is 5.82 Å². The summed E-state index contributed by atoms with van der Waals surface area (Å²) in [6, 6.07) is 4.12. The van der Waals surface area contributed by atoms with Crippen LogP contribution in [-0.2, 0) is 13.5 Å². The number of aryl methyl sites for hydroxylation is 1. The summed E-state index contributed by atoms with van der Waals surface area (Å²) in [5.41, 5.74) is 6.40. The molecule has 96 valence electrons. The summed E-state index contributed by atoms with van der Waals surface area (Å²) in [6.45, 7) is 0. The molecule has 0 saturated carbocycles. The first-order valence-electron chi connectivity index (χ1n) is 5.54. The van der Waals surface area contributed by atoms with Crippen LogP contribution in [0.5, 0.6) is 5.75 Å². The van der Waals surface area contributed by atoms with E-state index in [0.29, 0.717) is 23.6 Å². The van der Waals surface area contributed by atoms with Gasteiger partial charge in [0.1, 0.15) is 23.7 Å². The topological polar surface area (TPSA) is 66.0 Å². The molecule has 0 amide bonds. The normalized spacial score (nSPS) is 12.4. The first-order chi connectivity index (χ1) is 8.63. The Morgan fingerprint density at radius 2 is 2.28 bits per heavy atom. The second kappa shape index (κ2) is 5.14. The van der Waals surface area contributed by atoms with Crippen LogP contribution in [0.4, 0.5) is 4.39 Å². The van der Waals surface area contributed by atoms with Gasteiger partial charge in [-0.15, -0.1) is 0 Å². The summed E-state index contributed by atoms with van der Waals surface area (Å²) in [5, 5.41) is 3.95. The van der Waals surface area contributed by atoms with Gasteiger partial charge in [0.15, 0.2) is 0 Å². The van der Waals surface area contributed by atoms with Gasteiger partial charge in [-0.2, -0.15) is 5.10 Å². The van der Waals surface area contributed by atoms with E-state index in [9.17, 15) is 4.39 Å². The number of nitrogens with two attached hydrogens (primary N) is 1. The highest BCUT2D eigenvalue weighted by molar-refractivity contribution is 5.37. The quantitative estimate of drug-likeness (QED) is 0.885. The lowest BCUT2D eigenvalue weighted by Gasteiger charge is -2.15. The van der Waals surface area contributed by atoms with E-state index in [1.54, 1.807) is 23.9 Å². The van der Waals surface area contributed by atoms with Gasteiger partial charge in [0.05, 0.1) is 7.11 Å². The molecule has 2 N–H and O–H groups in total. The molecule has 0 aliphatic carbocycles. The molecule has 2 rings (SSSR count). The van der Waals surface area contributed by atoms with Crippen molar-refractivity contribution in [1.29, 1.82) is 0 Å². The highest BCUT2D eigenvalue weighted by Crippen LogP contribution is 2.28. The predicted octanol–water partition coefficient (Wildman–Crippen LogP) is 1.21. The van der Waals surface area contributed by atoms with Crippen LogP contribution in [0.1, 0.15) is 17.4 Å². The van der Waals surface area contributed by atoms with Gasteiger partial charge in [-0.05, 0) is 12.1 Å². The number of ether oxygens (including phenoxy) is 1. The zero-order valence-corrected chi connectivity index (χ0v) is 10.3. The number of nitrogens with zero attached hydrogens (tertiary/aromatic N) is 3. The van der Waals surface area contributed by atoms with E-state index in [0.717, 1.165) is 0 Å². The van der Waals surface area contributed by atoms with Gasteiger partial charge in [0.25, 0.3) is 0 Å². The molecule has 2 aromatic rings. The fourth-order valence-electron chi connectivity index (χ4n) is 1.86. The van der Waals surface area contributed by atoms with Gasteiger partial charge in [-0.3, -0.25) is 4.68 Å². The Kier molecular flexibility index (Phi) is 3.57. The number of halogens is 1. The highest BCUT2D eigenvalue weighted by Gasteiger charge is 2.19. The Morgan fingerprint density at radius 1 is 1.50 bits per heavy atom. The molecule has 0 spiro atoms. The molecule has 1 heterocycles. The third-order valence-corrected chi connectivity index (χ3v) is 2.81. The van der Waals surface area contributed by atoms with Crippen molar-refractivity contribution in [2.75, 3.05) is 7.11 Å². The van der Waals surface area contributed by atoms with Crippen molar-refractivity contribution in [1.82, 2.24) is 14.8 Å². The molecule has 0 radical (unpaired) electrons. The largest absolute Gasteiger partial charge is 0.496 e. The molecule has 0 aliphatic heterocycles. The number of benzene rings is 1. The maximum atomic E-state index is 13.8. The summed E-state index contributed by atoms with van der Waals surface area (Å²) in [4.78, 5) is 4.08. The van der Waals surface area contributed by atoms with Crippen LogP contribution in [0, 0.1) is 5.82 Å². The number of rotatable bonds is 4. The minimum Gasteiger partial charge on any atom is -0.496 e. The Hall–Kier alpha value is -1.95. The van der Waals surface area contributed by atoms with Crippen molar-refractivity contribution in [3.8, 4) is 5.75 Å². The predicted molar refractivity (Wildman–Crippen MR) is 64.6 cm³/mol. The first kappa shape index (κ1) is 12.5. The number of hydrogen-bond donors (Lipinski definition) is 1. The van der Waals surface area contributed by atoms with Crippen molar-refractivity contribution in [3.63, 3.8) is 0 Å². The van der Waals surface area contributed by atoms with E-state index in [1.807, 2.05) is 0 Å². The zero-order valence-electron chi connectivity index (χ0n) is 10.3. The van der Waals surface area contributed by atoms with E-state index in [1.165, 1.54) is 19.5 Å². The van der Waals surface area contributed by atoms with Crippen molar-refractivity contribution in [2.24, 2.45) is 12.8 Å². The third-order valence-electron chi connectivity index (χ3n) is 2.81. The zero-order chi connectivity index (χ0) is 13.1. The molecular weight excluding hydrogens is 235 g/mol. The van der Waals surface area contributed by atoms with Crippen LogP contribution in [0.2, 0.25) is 0 Å². The van der Waals surface area contributed by atoms with Crippen LogP contribution in [0.3, 0.4) is 0 Å². The Labute approximate surface area is 104 Å². The van der Waals surface area contributed by atoms with E-state index >= 15 is 0 Å². The van der Waals surface area contributed by atoms with Gasteiger partial charge < -0.3 is 10.5 Å². The minimum absolute atomic E-state index is 0.364. The Morgan fingerprint density at radius 3 is 2.89 bits per heavy atom. The third kappa shape index (κ3) is 2.33. The maximum Gasteiger partial charge on any atom is 0.138 e. The fourth-order valence-corrected chi connectivity index (χ4v) is 1.86. The van der Waals surface area contributed by atoms with Crippen molar-refractivity contribution in [3.05, 3.63) is 41.7 Å². The van der Waals surface area contributed by atoms with Gasteiger partial charge in [0.2, 0.25) is 0 Å². The second-order valence-corrected chi connectivity index (χ2v) is 3.97. The molecule has 0 aliphatic rings. The Balaban J connectivity index is 2.29. The van der Waals surface area contributed by atoms with Gasteiger partial charge in [0, 0.05) is 25.1 Å². The molecule has 1 aromatic carbocycles. The van der Waals surface area contributed by atoms with E-state index in [2.05, 4.69) is 10.1 Å². The SMILES string of the molecule is COc1cccc(F)c1C(N)Cc1ncnn1C. The molecule has 0 fully saturated rings. The summed E-state index contributed by atoms with van der Waals surface area (Å²) < 4.78 is 20.6. The molecule has 0 bridgehead atoms. The van der Waals surface area contributed by atoms with Crippen LogP contribution >= 0.6 is 0 Å². The molecule has 6 heteroatoms. The molecule has 0 saturated heterocycles. The summed E-state index contributed by atoms with van der Waals surface area (Å²) in [6.07, 6.45) is 1.84. The second-order valence-electron chi connectivity index (χ2n) is 3.97. The summed E-state index contributed by atoms with van der Waals surface area (Å²) >= 11 is 0. The molecule has 1 atom stereocenters. The van der Waals surface area contributed by atoms with Crippen LogP contribution < -0.4 is 10.5 Å². The maximum absolute atomic E-state index is 13.8. The minimum atomic E-state index is -0.524. The average Bonchev–Trinajstić information content (AvgIpc) is 2.74. The van der Waals surface area contributed by atoms with Crippen LogP contribution in [0.15, 0.2) is 24.5 Å². The van der Waals surface area contributed by atoms with E-state index < -0.39 is 6.04 Å². The lowest BCUT2D eigenvalue weighted by Crippen LogP contribution is -2.18. The van der Waals surface area contributed by atoms with Gasteiger partial charge in [-0.1, -0.05) is 6.07 Å². The number of methoxy groups -OCH3 is 1. The molecule has 5 nitrogen and oxygen atoms in total. The highest BCUT2D eigenvalue weighted by atomic mass is 19.1. The van der Waals surface area contributed by atoms with Crippen LogP contribution in [0.25, 0.3) is 0 Å². The van der Waals surface area contributed by atoms with Crippen LogP contribution in [-0.4, -0.2) is 21.9 Å². The summed E-state index contributed by atoms with van der Waals surface area (Å²) in [7, 11) is 3.26. The van der Waals surface area contributed by atoms with Crippen molar-refractivity contribution < 1.29 is 9.13 Å². The smallest absolute Gasteiger partial charge is 0.138 e. The molecule has 18 heavy (non-hydrogen) atoms. The fraction of sp³-hybridized carbons (Fsp3) is 0.333. The monoisotopic (exact) mass is 250 g/mol. The first-order valence-corrected chi connectivity index (χ1v) is 5.54. The molecular formula is C12H15FN4O. The van der Waals surface area contributed by atoms with Crippen molar-refractivity contribution in [2.45, 2.75) is 12.5 Å². The lowest BCUT2D eigenvalue weighted by molar-refractivity contribution is 0.398. The molecule has 1 unspecified atom stereocenters. The Bertz CT molecular complexity index is 541. The lowest BCUT2D eigenvalue weighted by atomic mass is 10.0. The molecule has 1 aromatic heterocycles. The number of aromatic nitrogens is 3. The van der Waals surface area contributed by atoms with Gasteiger partial charge in [-0.25, -0.2) is 9.37 Å². The summed E-state index contributed by atoms with van der Waals surface area (Å²) in [5.74, 6) is 0.779. The average molecular weight is 250 g/mol.